The molecule has 0 aliphatic heterocycles. The lowest BCUT2D eigenvalue weighted by Gasteiger charge is -2.27. The standard InChI is InChI=1S/C10H18O2/c1-3-9(11)8-6-5-7-10(8,12)4-2/h8,12H,3-7H2,1-2H3/t8-,10-/m1/s1. The molecule has 0 aromatic rings. The third-order valence-electron chi connectivity index (χ3n) is 3.10. The Labute approximate surface area is 74.0 Å². The Kier molecular flexibility index (Phi) is 2.89. The van der Waals surface area contributed by atoms with Gasteiger partial charge in [0.2, 0.25) is 0 Å². The molecular formula is C10H18O2. The van der Waals surface area contributed by atoms with Gasteiger partial charge >= 0.3 is 0 Å². The molecule has 0 bridgehead atoms. The summed E-state index contributed by atoms with van der Waals surface area (Å²) < 4.78 is 0. The number of Topliss-reactive ketones (excluding diaryl/α,β-unsaturated/α-hetero) is 1. The molecule has 1 aliphatic rings. The number of ketones is 1. The quantitative estimate of drug-likeness (QED) is 0.702. The second-order valence-corrected chi connectivity index (χ2v) is 3.72. The van der Waals surface area contributed by atoms with Crippen LogP contribution in [0.5, 0.6) is 0 Å². The molecule has 1 fully saturated rings. The van der Waals surface area contributed by atoms with Crippen molar-refractivity contribution in [3.63, 3.8) is 0 Å². The number of hydrogen-bond acceptors (Lipinski definition) is 2. The highest BCUT2D eigenvalue weighted by atomic mass is 16.3. The predicted octanol–water partition coefficient (Wildman–Crippen LogP) is 1.91. The van der Waals surface area contributed by atoms with Crippen LogP contribution in [0.4, 0.5) is 0 Å². The van der Waals surface area contributed by atoms with Gasteiger partial charge in [-0.2, -0.15) is 0 Å². The largest absolute Gasteiger partial charge is 0.389 e. The summed E-state index contributed by atoms with van der Waals surface area (Å²) in [5.41, 5.74) is -0.674. The Bertz CT molecular complexity index is 177. The van der Waals surface area contributed by atoms with Crippen molar-refractivity contribution >= 4 is 5.78 Å². The van der Waals surface area contributed by atoms with Crippen molar-refractivity contribution in [2.45, 2.75) is 51.6 Å². The van der Waals surface area contributed by atoms with E-state index < -0.39 is 5.60 Å². The fourth-order valence-electron chi connectivity index (χ4n) is 2.19. The summed E-state index contributed by atoms with van der Waals surface area (Å²) in [5.74, 6) is 0.157. The molecule has 1 rings (SSSR count). The van der Waals surface area contributed by atoms with Gasteiger partial charge in [-0.3, -0.25) is 4.79 Å². The number of hydrogen-bond donors (Lipinski definition) is 1. The van der Waals surface area contributed by atoms with Gasteiger partial charge in [-0.1, -0.05) is 13.8 Å². The Balaban J connectivity index is 2.69. The molecule has 0 amide bonds. The summed E-state index contributed by atoms with van der Waals surface area (Å²) >= 11 is 0. The van der Waals surface area contributed by atoms with Crippen LogP contribution in [0.15, 0.2) is 0 Å². The maximum absolute atomic E-state index is 11.4. The van der Waals surface area contributed by atoms with E-state index in [9.17, 15) is 9.90 Å². The van der Waals surface area contributed by atoms with E-state index in [0.717, 1.165) is 19.3 Å². The second-order valence-electron chi connectivity index (χ2n) is 3.72. The van der Waals surface area contributed by atoms with Gasteiger partial charge in [-0.25, -0.2) is 0 Å². The maximum Gasteiger partial charge on any atom is 0.138 e. The highest BCUT2D eigenvalue weighted by Gasteiger charge is 2.42. The third-order valence-corrected chi connectivity index (χ3v) is 3.10. The van der Waals surface area contributed by atoms with Crippen LogP contribution in [-0.2, 0) is 4.79 Å². The molecule has 2 nitrogen and oxygen atoms in total. The molecule has 0 heterocycles. The first-order chi connectivity index (χ1) is 5.64. The van der Waals surface area contributed by atoms with E-state index in [2.05, 4.69) is 0 Å². The van der Waals surface area contributed by atoms with Crippen molar-refractivity contribution in [3.8, 4) is 0 Å². The number of carbonyl (C=O) groups excluding carboxylic acids is 1. The minimum absolute atomic E-state index is 0.0764. The molecule has 1 aliphatic carbocycles. The molecule has 0 aromatic carbocycles. The zero-order valence-corrected chi connectivity index (χ0v) is 7.97. The topological polar surface area (TPSA) is 37.3 Å². The van der Waals surface area contributed by atoms with Crippen LogP contribution in [0.2, 0.25) is 0 Å². The van der Waals surface area contributed by atoms with Crippen molar-refractivity contribution < 1.29 is 9.90 Å². The minimum atomic E-state index is -0.674. The summed E-state index contributed by atoms with van der Waals surface area (Å²) in [5, 5.41) is 10.0. The number of aliphatic hydroxyl groups is 1. The molecule has 2 heteroatoms. The van der Waals surface area contributed by atoms with Gasteiger partial charge in [0.05, 0.1) is 5.60 Å². The second kappa shape index (κ2) is 3.56. The summed E-state index contributed by atoms with van der Waals surface area (Å²) in [7, 11) is 0. The lowest BCUT2D eigenvalue weighted by atomic mass is 9.84. The van der Waals surface area contributed by atoms with E-state index >= 15 is 0 Å². The van der Waals surface area contributed by atoms with Gasteiger partial charge in [0.25, 0.3) is 0 Å². The Morgan fingerprint density at radius 3 is 2.75 bits per heavy atom. The third kappa shape index (κ3) is 1.53. The fourth-order valence-corrected chi connectivity index (χ4v) is 2.19. The Morgan fingerprint density at radius 2 is 2.25 bits per heavy atom. The summed E-state index contributed by atoms with van der Waals surface area (Å²) in [6, 6.07) is 0. The minimum Gasteiger partial charge on any atom is -0.389 e. The van der Waals surface area contributed by atoms with Gasteiger partial charge in [0, 0.05) is 12.3 Å². The summed E-state index contributed by atoms with van der Waals surface area (Å²) in [6.07, 6.45) is 3.97. The van der Waals surface area contributed by atoms with Crippen molar-refractivity contribution in [2.75, 3.05) is 0 Å². The normalized spacial score (nSPS) is 35.4. The predicted molar refractivity (Wildman–Crippen MR) is 47.9 cm³/mol. The Hall–Kier alpha value is -0.370. The summed E-state index contributed by atoms with van der Waals surface area (Å²) in [4.78, 5) is 11.4. The van der Waals surface area contributed by atoms with Crippen molar-refractivity contribution in [3.05, 3.63) is 0 Å². The molecule has 0 spiro atoms. The van der Waals surface area contributed by atoms with Crippen LogP contribution < -0.4 is 0 Å². The Morgan fingerprint density at radius 1 is 1.58 bits per heavy atom. The first-order valence-electron chi connectivity index (χ1n) is 4.89. The van der Waals surface area contributed by atoms with Gasteiger partial charge in [-0.05, 0) is 25.7 Å². The first kappa shape index (κ1) is 9.72. The van der Waals surface area contributed by atoms with Crippen molar-refractivity contribution in [2.24, 2.45) is 5.92 Å². The lowest BCUT2D eigenvalue weighted by molar-refractivity contribution is -0.130. The number of rotatable bonds is 3. The average molecular weight is 170 g/mol. The number of carbonyl (C=O) groups is 1. The highest BCUT2D eigenvalue weighted by molar-refractivity contribution is 5.82. The van der Waals surface area contributed by atoms with Gasteiger partial charge in [-0.15, -0.1) is 0 Å². The molecule has 0 aromatic heterocycles. The molecule has 1 saturated carbocycles. The van der Waals surface area contributed by atoms with Gasteiger partial charge < -0.3 is 5.11 Å². The van der Waals surface area contributed by atoms with Crippen LogP contribution in [0.25, 0.3) is 0 Å². The molecule has 0 unspecified atom stereocenters. The van der Waals surface area contributed by atoms with Gasteiger partial charge in [0.15, 0.2) is 0 Å². The van der Waals surface area contributed by atoms with E-state index in [1.165, 1.54) is 0 Å². The van der Waals surface area contributed by atoms with Crippen LogP contribution in [-0.4, -0.2) is 16.5 Å². The molecule has 0 saturated heterocycles. The monoisotopic (exact) mass is 170 g/mol. The smallest absolute Gasteiger partial charge is 0.138 e. The maximum atomic E-state index is 11.4. The van der Waals surface area contributed by atoms with Crippen molar-refractivity contribution in [1.82, 2.24) is 0 Å². The molecule has 12 heavy (non-hydrogen) atoms. The van der Waals surface area contributed by atoms with Gasteiger partial charge in [0.1, 0.15) is 5.78 Å². The first-order valence-corrected chi connectivity index (χ1v) is 4.89. The van der Waals surface area contributed by atoms with Crippen molar-refractivity contribution in [1.29, 1.82) is 0 Å². The van der Waals surface area contributed by atoms with E-state index in [1.54, 1.807) is 0 Å². The highest BCUT2D eigenvalue weighted by Crippen LogP contribution is 2.38. The molecule has 1 N–H and O–H groups in total. The molecule has 0 radical (unpaired) electrons. The zero-order valence-electron chi connectivity index (χ0n) is 7.97. The van der Waals surface area contributed by atoms with Crippen LogP contribution >= 0.6 is 0 Å². The fraction of sp³-hybridized carbons (Fsp3) is 0.900. The van der Waals surface area contributed by atoms with E-state index in [0.29, 0.717) is 12.8 Å². The van der Waals surface area contributed by atoms with Crippen LogP contribution in [0.1, 0.15) is 46.0 Å². The SMILES string of the molecule is CCC(=O)[C@H]1CCC[C@]1(O)CC. The molecular weight excluding hydrogens is 152 g/mol. The van der Waals surface area contributed by atoms with Crippen LogP contribution in [0.3, 0.4) is 0 Å². The van der Waals surface area contributed by atoms with E-state index in [4.69, 9.17) is 0 Å². The van der Waals surface area contributed by atoms with E-state index in [1.807, 2.05) is 13.8 Å². The summed E-state index contributed by atoms with van der Waals surface area (Å²) in [6.45, 7) is 3.83. The van der Waals surface area contributed by atoms with Crippen LogP contribution in [0, 0.1) is 5.92 Å². The molecule has 70 valence electrons. The lowest BCUT2D eigenvalue weighted by Crippen LogP contribution is -2.36. The van der Waals surface area contributed by atoms with E-state index in [-0.39, 0.29) is 11.7 Å². The average Bonchev–Trinajstić information content (AvgIpc) is 2.47. The molecule has 2 atom stereocenters. The zero-order chi connectivity index (χ0) is 9.19.